The number of nitrogens with zero attached hydrogens (tertiary/aromatic N) is 4. The van der Waals surface area contributed by atoms with Gasteiger partial charge in [0.15, 0.2) is 5.58 Å². The van der Waals surface area contributed by atoms with E-state index in [0.29, 0.717) is 5.89 Å². The Bertz CT molecular complexity index is 3000. The zero-order chi connectivity index (χ0) is 39.8. The lowest BCUT2D eigenvalue weighted by molar-refractivity contribution is 0.620. The van der Waals surface area contributed by atoms with Crippen LogP contribution in [0.2, 0.25) is 0 Å². The van der Waals surface area contributed by atoms with Crippen molar-refractivity contribution in [1.82, 2.24) is 9.55 Å². The molecule has 0 spiro atoms. The van der Waals surface area contributed by atoms with Crippen LogP contribution in [0.1, 0.15) is 0 Å². The predicted molar refractivity (Wildman–Crippen MR) is 249 cm³/mol. The first-order chi connectivity index (χ1) is 29.7. The normalized spacial score (nSPS) is 11.3. The van der Waals surface area contributed by atoms with Crippen molar-refractivity contribution in [3.05, 3.63) is 231 Å². The largest absolute Gasteiger partial charge is 0.436 e. The van der Waals surface area contributed by atoms with E-state index in [1.54, 1.807) is 0 Å². The highest BCUT2D eigenvalue weighted by atomic mass is 16.3. The number of benzene rings is 9. The quantitative estimate of drug-likeness (QED) is 0.146. The smallest absolute Gasteiger partial charge is 0.227 e. The van der Waals surface area contributed by atoms with Gasteiger partial charge in [0.1, 0.15) is 5.52 Å². The maximum atomic E-state index is 6.12. The van der Waals surface area contributed by atoms with Crippen LogP contribution in [0, 0.1) is 0 Å². The first kappa shape index (κ1) is 35.0. The van der Waals surface area contributed by atoms with Crippen LogP contribution in [-0.2, 0) is 0 Å². The molecule has 60 heavy (non-hydrogen) atoms. The minimum atomic E-state index is 0.620. The van der Waals surface area contributed by atoms with Crippen molar-refractivity contribution >= 4 is 67.0 Å². The summed E-state index contributed by atoms with van der Waals surface area (Å²) >= 11 is 0. The number of aromatic nitrogens is 2. The van der Waals surface area contributed by atoms with E-state index in [0.717, 1.165) is 89.4 Å². The third kappa shape index (κ3) is 6.35. The van der Waals surface area contributed by atoms with E-state index >= 15 is 0 Å². The number of rotatable bonds is 9. The molecule has 0 aliphatic rings. The topological polar surface area (TPSA) is 37.4 Å². The summed E-state index contributed by atoms with van der Waals surface area (Å²) in [6.07, 6.45) is 0. The lowest BCUT2D eigenvalue weighted by Crippen LogP contribution is -2.09. The average Bonchev–Trinajstić information content (AvgIpc) is 3.90. The van der Waals surface area contributed by atoms with Gasteiger partial charge in [0.05, 0.1) is 11.0 Å². The van der Waals surface area contributed by atoms with Crippen LogP contribution in [0.4, 0.5) is 34.1 Å². The van der Waals surface area contributed by atoms with E-state index in [9.17, 15) is 0 Å². The molecule has 5 heteroatoms. The number of anilines is 6. The van der Waals surface area contributed by atoms with E-state index in [4.69, 9.17) is 9.40 Å². The number of hydrogen-bond donors (Lipinski definition) is 0. The summed E-state index contributed by atoms with van der Waals surface area (Å²) in [5.74, 6) is 0.620. The predicted octanol–water partition coefficient (Wildman–Crippen LogP) is 15.2. The van der Waals surface area contributed by atoms with Gasteiger partial charge in [-0.05, 0) is 132 Å². The van der Waals surface area contributed by atoms with Crippen LogP contribution < -0.4 is 9.80 Å². The molecule has 0 saturated carbocycles. The second-order valence-corrected chi connectivity index (χ2v) is 14.9. The van der Waals surface area contributed by atoms with E-state index < -0.39 is 0 Å². The molecule has 0 aliphatic carbocycles. The third-order valence-corrected chi connectivity index (χ3v) is 11.2. The number of hydrogen-bond acceptors (Lipinski definition) is 4. The van der Waals surface area contributed by atoms with Crippen LogP contribution in [0.25, 0.3) is 61.2 Å². The van der Waals surface area contributed by atoms with Crippen LogP contribution in [0.3, 0.4) is 0 Å². The summed E-state index contributed by atoms with van der Waals surface area (Å²) in [5.41, 5.74) is 14.7. The van der Waals surface area contributed by atoms with Crippen molar-refractivity contribution in [2.75, 3.05) is 9.80 Å². The fraction of sp³-hybridized carbons (Fsp3) is 0. The third-order valence-electron chi connectivity index (χ3n) is 11.2. The van der Waals surface area contributed by atoms with Gasteiger partial charge in [-0.1, -0.05) is 109 Å². The van der Waals surface area contributed by atoms with Gasteiger partial charge in [-0.2, -0.15) is 0 Å². The van der Waals surface area contributed by atoms with Crippen molar-refractivity contribution in [3.8, 4) is 28.3 Å². The van der Waals surface area contributed by atoms with Crippen molar-refractivity contribution in [1.29, 1.82) is 0 Å². The average molecular weight is 771 g/mol. The zero-order valence-corrected chi connectivity index (χ0v) is 32.6. The Kier molecular flexibility index (Phi) is 8.75. The summed E-state index contributed by atoms with van der Waals surface area (Å²) in [5, 5.41) is 2.33. The second kappa shape index (κ2) is 15.0. The molecule has 0 radical (unpaired) electrons. The Morgan fingerprint density at radius 3 is 1.32 bits per heavy atom. The van der Waals surface area contributed by atoms with E-state index in [-0.39, 0.29) is 0 Å². The molecule has 11 aromatic rings. The molecular weight excluding hydrogens is 733 g/mol. The number of oxazole rings is 1. The Morgan fingerprint density at radius 1 is 0.350 bits per heavy atom. The van der Waals surface area contributed by atoms with E-state index in [1.165, 1.54) is 0 Å². The monoisotopic (exact) mass is 770 g/mol. The fourth-order valence-electron chi connectivity index (χ4n) is 8.39. The van der Waals surface area contributed by atoms with Crippen molar-refractivity contribution in [3.63, 3.8) is 0 Å². The summed E-state index contributed by atoms with van der Waals surface area (Å²) in [4.78, 5) is 9.41. The lowest BCUT2D eigenvalue weighted by Gasteiger charge is -2.26. The van der Waals surface area contributed by atoms with Crippen LogP contribution >= 0.6 is 0 Å². The standard InChI is InChI=1S/C55H38N4O/c1-5-18-42(19-6-1)57(43-20-7-2-8-21-43)47-32-34-52-49(37-47)50-38-48(58(44-22-9-3-10-23-44)45-24-11-4-12-25-45)33-35-53(50)59(52)46-30-28-39(29-31-46)40-16-15-17-41(36-40)55-56-51-26-13-14-27-54(51)60-55/h1-38H. The second-order valence-electron chi connectivity index (χ2n) is 14.9. The molecular formula is C55H38N4O. The van der Waals surface area contributed by atoms with Crippen LogP contribution in [0.15, 0.2) is 235 Å². The Balaban J connectivity index is 1.07. The molecule has 2 heterocycles. The van der Waals surface area contributed by atoms with Gasteiger partial charge in [-0.25, -0.2) is 4.98 Å². The molecule has 0 aliphatic heterocycles. The van der Waals surface area contributed by atoms with E-state index in [2.05, 4.69) is 221 Å². The molecule has 0 bridgehead atoms. The molecule has 284 valence electrons. The molecule has 0 N–H and O–H groups in total. The molecule has 0 saturated heterocycles. The molecule has 0 atom stereocenters. The molecule has 9 aromatic carbocycles. The van der Waals surface area contributed by atoms with Crippen molar-refractivity contribution in [2.24, 2.45) is 0 Å². The lowest BCUT2D eigenvalue weighted by atomic mass is 10.0. The fourth-order valence-corrected chi connectivity index (χ4v) is 8.39. The first-order valence-corrected chi connectivity index (χ1v) is 20.2. The highest BCUT2D eigenvalue weighted by Gasteiger charge is 2.20. The zero-order valence-electron chi connectivity index (χ0n) is 32.6. The molecule has 0 fully saturated rings. The van der Waals surface area contributed by atoms with Crippen LogP contribution in [-0.4, -0.2) is 9.55 Å². The van der Waals surface area contributed by atoms with Gasteiger partial charge < -0.3 is 18.8 Å². The molecule has 0 unspecified atom stereocenters. The van der Waals surface area contributed by atoms with Gasteiger partial charge in [-0.3, -0.25) is 0 Å². The van der Waals surface area contributed by atoms with Gasteiger partial charge in [0.25, 0.3) is 0 Å². The summed E-state index contributed by atoms with van der Waals surface area (Å²) < 4.78 is 8.51. The Morgan fingerprint density at radius 2 is 0.817 bits per heavy atom. The minimum Gasteiger partial charge on any atom is -0.436 e. The van der Waals surface area contributed by atoms with Gasteiger partial charge >= 0.3 is 0 Å². The number of para-hydroxylation sites is 6. The maximum Gasteiger partial charge on any atom is 0.227 e. The molecule has 5 nitrogen and oxygen atoms in total. The summed E-state index contributed by atoms with van der Waals surface area (Å²) in [7, 11) is 0. The van der Waals surface area contributed by atoms with Gasteiger partial charge in [0, 0.05) is 56.1 Å². The first-order valence-electron chi connectivity index (χ1n) is 20.2. The molecule has 0 amide bonds. The van der Waals surface area contributed by atoms with Crippen LogP contribution in [0.5, 0.6) is 0 Å². The number of fused-ring (bicyclic) bond motifs is 4. The summed E-state index contributed by atoms with van der Waals surface area (Å²) in [6.45, 7) is 0. The Hall–Kier alpha value is -8.15. The summed E-state index contributed by atoms with van der Waals surface area (Å²) in [6, 6.07) is 81.3. The SMILES string of the molecule is c1ccc(N(c2ccccc2)c2ccc3c(c2)c2cc(N(c4ccccc4)c4ccccc4)ccc2n3-c2ccc(-c3cccc(-c4nc5ccccc5o4)c3)cc2)cc1. The van der Waals surface area contributed by atoms with Gasteiger partial charge in [0.2, 0.25) is 5.89 Å². The molecule has 2 aromatic heterocycles. The van der Waals surface area contributed by atoms with Crippen molar-refractivity contribution in [2.45, 2.75) is 0 Å². The van der Waals surface area contributed by atoms with Crippen molar-refractivity contribution < 1.29 is 4.42 Å². The highest BCUT2D eigenvalue weighted by molar-refractivity contribution is 6.12. The Labute approximate surface area is 348 Å². The maximum absolute atomic E-state index is 6.12. The van der Waals surface area contributed by atoms with E-state index in [1.807, 2.05) is 24.3 Å². The minimum absolute atomic E-state index is 0.620. The van der Waals surface area contributed by atoms with Gasteiger partial charge in [-0.15, -0.1) is 0 Å². The molecule has 11 rings (SSSR count). The highest BCUT2D eigenvalue weighted by Crippen LogP contribution is 2.43.